The van der Waals surface area contributed by atoms with Crippen molar-refractivity contribution in [1.29, 1.82) is 0 Å². The van der Waals surface area contributed by atoms with Gasteiger partial charge in [0.05, 0.1) is 11.0 Å². The summed E-state index contributed by atoms with van der Waals surface area (Å²) in [6.45, 7) is 0. The Labute approximate surface area is 237 Å². The van der Waals surface area contributed by atoms with Gasteiger partial charge in [-0.25, -0.2) is 8.42 Å². The number of sulfone groups is 1. The molecule has 3 nitrogen and oxygen atoms in total. The fourth-order valence-electron chi connectivity index (χ4n) is 6.51. The maximum absolute atomic E-state index is 13.0. The van der Waals surface area contributed by atoms with Gasteiger partial charge in [-0.2, -0.15) is 0 Å². The molecule has 1 aromatic heterocycles. The van der Waals surface area contributed by atoms with Crippen molar-refractivity contribution in [1.82, 2.24) is 4.98 Å². The van der Waals surface area contributed by atoms with Gasteiger partial charge < -0.3 is 0 Å². The number of rotatable bonds is 4. The third-order valence-electron chi connectivity index (χ3n) is 8.74. The van der Waals surface area contributed by atoms with Gasteiger partial charge in [0.1, 0.15) is 0 Å². The molecule has 4 heteroatoms. The zero-order valence-corrected chi connectivity index (χ0v) is 23.8. The molecule has 40 heavy (non-hydrogen) atoms. The molecule has 1 atom stereocenters. The highest BCUT2D eigenvalue weighted by atomic mass is 32.2. The highest BCUT2D eigenvalue weighted by Gasteiger charge is 2.30. The first-order valence-electron chi connectivity index (χ1n) is 14.7. The molecule has 7 rings (SSSR count). The Morgan fingerprint density at radius 1 is 0.725 bits per heavy atom. The van der Waals surface area contributed by atoms with E-state index in [0.717, 1.165) is 12.8 Å². The Balaban J connectivity index is 0.000000242. The Kier molecular flexibility index (Phi) is 7.97. The Morgan fingerprint density at radius 3 is 2.30 bits per heavy atom. The van der Waals surface area contributed by atoms with E-state index in [0.29, 0.717) is 12.3 Å². The van der Waals surface area contributed by atoms with E-state index in [1.54, 1.807) is 0 Å². The van der Waals surface area contributed by atoms with Crippen LogP contribution in [0.3, 0.4) is 0 Å². The summed E-state index contributed by atoms with van der Waals surface area (Å²) in [6.07, 6.45) is 16.3. The number of hydrogen-bond acceptors (Lipinski definition) is 3. The van der Waals surface area contributed by atoms with E-state index < -0.39 is 9.84 Å². The average Bonchev–Trinajstić information content (AvgIpc) is 3.01. The zero-order valence-electron chi connectivity index (χ0n) is 23.0. The number of aromatic nitrogens is 1. The third-order valence-corrected chi connectivity index (χ3v) is 10.8. The van der Waals surface area contributed by atoms with E-state index in [1.807, 2.05) is 36.7 Å². The standard InChI is InChI=1S/C27H30O2S.C9H7N/c28-30(29,18-6-9-20-7-2-1-3-8-20)23-14-17-25-22(19-23)13-16-26-24-11-5-4-10-21(24)12-15-27(25)26;1-2-4-9-7-10-6-5-8(9)3-1/h4-6,9-13,15-16,20,23H,1-3,7-8,14,17-19H2;1-7H. The number of nitrogens with zero attached hydrogens (tertiary/aromatic N) is 1. The minimum absolute atomic E-state index is 0.196. The molecule has 5 aromatic rings. The Hall–Kier alpha value is -3.50. The summed E-state index contributed by atoms with van der Waals surface area (Å²) in [7, 11) is -3.10. The van der Waals surface area contributed by atoms with E-state index in [9.17, 15) is 8.42 Å². The fourth-order valence-corrected chi connectivity index (χ4v) is 8.08. The first kappa shape index (κ1) is 26.7. The summed E-state index contributed by atoms with van der Waals surface area (Å²) in [4.78, 5) is 4.01. The molecule has 0 saturated heterocycles. The van der Waals surface area contributed by atoms with Crippen molar-refractivity contribution in [3.8, 4) is 0 Å². The fraction of sp³-hybridized carbons (Fsp3) is 0.306. The van der Waals surface area contributed by atoms with Gasteiger partial charge in [-0.05, 0) is 87.5 Å². The molecule has 0 amide bonds. The van der Waals surface area contributed by atoms with Crippen LogP contribution in [0.2, 0.25) is 0 Å². The molecule has 1 saturated carbocycles. The molecular weight excluding hydrogens is 510 g/mol. The maximum Gasteiger partial charge on any atom is 0.157 e. The highest BCUT2D eigenvalue weighted by molar-refractivity contribution is 7.92. The van der Waals surface area contributed by atoms with E-state index in [2.05, 4.69) is 71.7 Å². The summed E-state index contributed by atoms with van der Waals surface area (Å²) < 4.78 is 26.0. The van der Waals surface area contributed by atoms with Crippen molar-refractivity contribution in [2.75, 3.05) is 5.75 Å². The second kappa shape index (κ2) is 11.9. The first-order chi connectivity index (χ1) is 19.6. The summed E-state index contributed by atoms with van der Waals surface area (Å²) in [6, 6.07) is 27.5. The van der Waals surface area contributed by atoms with Crippen molar-refractivity contribution in [2.45, 2.75) is 56.6 Å². The number of benzene rings is 4. The summed E-state index contributed by atoms with van der Waals surface area (Å²) in [5.74, 6) is 0.782. The lowest BCUT2D eigenvalue weighted by Gasteiger charge is -2.26. The molecule has 0 aliphatic heterocycles. The van der Waals surface area contributed by atoms with Crippen LogP contribution in [0.25, 0.3) is 32.3 Å². The topological polar surface area (TPSA) is 47.0 Å². The number of fused-ring (bicyclic) bond motifs is 6. The van der Waals surface area contributed by atoms with Crippen molar-refractivity contribution in [3.63, 3.8) is 0 Å². The maximum atomic E-state index is 13.0. The molecule has 1 fully saturated rings. The van der Waals surface area contributed by atoms with Crippen LogP contribution in [-0.2, 0) is 22.7 Å². The summed E-state index contributed by atoms with van der Waals surface area (Å²) >= 11 is 0. The molecule has 2 aliphatic carbocycles. The SMILES string of the molecule is O=S(=O)(CC=CC1CCCCC1)C1CCc2c(ccc3c2ccc2ccccc23)C1.c1ccc2cnccc2c1. The minimum Gasteiger partial charge on any atom is -0.264 e. The van der Waals surface area contributed by atoms with Gasteiger partial charge in [0, 0.05) is 12.4 Å². The average molecular weight is 548 g/mol. The van der Waals surface area contributed by atoms with E-state index >= 15 is 0 Å². The van der Waals surface area contributed by atoms with Crippen LogP contribution in [-0.4, -0.2) is 24.4 Å². The summed E-state index contributed by atoms with van der Waals surface area (Å²) in [5.41, 5.74) is 2.57. The summed E-state index contributed by atoms with van der Waals surface area (Å²) in [5, 5.41) is 7.30. The normalized spacial score (nSPS) is 18.1. The molecule has 0 bridgehead atoms. The van der Waals surface area contributed by atoms with Gasteiger partial charge in [-0.1, -0.05) is 104 Å². The molecule has 4 aromatic carbocycles. The monoisotopic (exact) mass is 547 g/mol. The second-order valence-electron chi connectivity index (χ2n) is 11.3. The number of allylic oxidation sites excluding steroid dienone is 1. The number of pyridine rings is 1. The lowest BCUT2D eigenvalue weighted by molar-refractivity contribution is 0.419. The lowest BCUT2D eigenvalue weighted by Crippen LogP contribution is -2.30. The molecule has 0 spiro atoms. The van der Waals surface area contributed by atoms with Crippen LogP contribution in [0.5, 0.6) is 0 Å². The van der Waals surface area contributed by atoms with Crippen molar-refractivity contribution < 1.29 is 8.42 Å². The van der Waals surface area contributed by atoms with Crippen LogP contribution in [0.4, 0.5) is 0 Å². The third kappa shape index (κ3) is 5.83. The van der Waals surface area contributed by atoms with Crippen molar-refractivity contribution in [2.24, 2.45) is 5.92 Å². The molecule has 1 heterocycles. The van der Waals surface area contributed by atoms with E-state index in [4.69, 9.17) is 0 Å². The van der Waals surface area contributed by atoms with Crippen molar-refractivity contribution >= 4 is 42.2 Å². The zero-order chi connectivity index (χ0) is 27.4. The Morgan fingerprint density at radius 2 is 1.48 bits per heavy atom. The van der Waals surface area contributed by atoms with Crippen LogP contribution >= 0.6 is 0 Å². The largest absolute Gasteiger partial charge is 0.264 e. The Bertz CT molecular complexity index is 1700. The molecule has 2 aliphatic rings. The van der Waals surface area contributed by atoms with Gasteiger partial charge in [0.2, 0.25) is 0 Å². The quantitative estimate of drug-likeness (QED) is 0.167. The molecular formula is C36H37NO2S. The van der Waals surface area contributed by atoms with Crippen LogP contribution in [0.1, 0.15) is 49.7 Å². The number of hydrogen-bond donors (Lipinski definition) is 0. The molecule has 0 N–H and O–H groups in total. The van der Waals surface area contributed by atoms with Crippen LogP contribution in [0, 0.1) is 5.92 Å². The predicted octanol–water partition coefficient (Wildman–Crippen LogP) is 8.64. The van der Waals surface area contributed by atoms with E-state index in [1.165, 1.54) is 75.5 Å². The van der Waals surface area contributed by atoms with Crippen LogP contribution in [0.15, 0.2) is 103 Å². The van der Waals surface area contributed by atoms with Gasteiger partial charge in [-0.15, -0.1) is 0 Å². The van der Waals surface area contributed by atoms with Crippen molar-refractivity contribution in [3.05, 3.63) is 115 Å². The van der Waals surface area contributed by atoms with Gasteiger partial charge >= 0.3 is 0 Å². The first-order valence-corrected chi connectivity index (χ1v) is 16.4. The molecule has 0 radical (unpaired) electrons. The smallest absolute Gasteiger partial charge is 0.157 e. The van der Waals surface area contributed by atoms with Crippen LogP contribution < -0.4 is 0 Å². The highest BCUT2D eigenvalue weighted by Crippen LogP contribution is 2.35. The van der Waals surface area contributed by atoms with Gasteiger partial charge in [0.25, 0.3) is 0 Å². The minimum atomic E-state index is -3.10. The van der Waals surface area contributed by atoms with Gasteiger partial charge in [0.15, 0.2) is 9.84 Å². The van der Waals surface area contributed by atoms with Gasteiger partial charge in [-0.3, -0.25) is 4.98 Å². The second-order valence-corrected chi connectivity index (χ2v) is 13.7. The number of aryl methyl sites for hydroxylation is 1. The van der Waals surface area contributed by atoms with E-state index in [-0.39, 0.29) is 11.0 Å². The molecule has 204 valence electrons. The molecule has 1 unspecified atom stereocenters. The lowest BCUT2D eigenvalue weighted by atomic mass is 9.86. The predicted molar refractivity (Wildman–Crippen MR) is 169 cm³/mol.